The zero-order valence-electron chi connectivity index (χ0n) is 13.2. The summed E-state index contributed by atoms with van der Waals surface area (Å²) >= 11 is 0. The standard InChI is InChI=1S/C16H22N6O/c1-10-15(6-3-2-4-7-15)16(18,22(10)14(17)23)12-11-5-8-19-13(11)21-9-20-12/h5,8-10H,2-4,6-7,18H2,1H3,(H2,17,23)(H,19,20,21). The van der Waals surface area contributed by atoms with Gasteiger partial charge in [-0.3, -0.25) is 4.90 Å². The van der Waals surface area contributed by atoms with Gasteiger partial charge >= 0.3 is 6.03 Å². The summed E-state index contributed by atoms with van der Waals surface area (Å²) < 4.78 is 0. The minimum atomic E-state index is -0.970. The highest BCUT2D eigenvalue weighted by atomic mass is 16.2. The Labute approximate surface area is 134 Å². The van der Waals surface area contributed by atoms with E-state index >= 15 is 0 Å². The van der Waals surface area contributed by atoms with E-state index in [1.54, 1.807) is 4.90 Å². The largest absolute Gasteiger partial charge is 0.351 e. The van der Waals surface area contributed by atoms with E-state index in [2.05, 4.69) is 21.9 Å². The molecular formula is C16H22N6O. The normalized spacial score (nSPS) is 29.7. The summed E-state index contributed by atoms with van der Waals surface area (Å²) in [6.07, 6.45) is 8.76. The minimum Gasteiger partial charge on any atom is -0.351 e. The van der Waals surface area contributed by atoms with E-state index in [1.807, 2.05) is 12.3 Å². The molecule has 23 heavy (non-hydrogen) atoms. The van der Waals surface area contributed by atoms with E-state index in [9.17, 15) is 4.79 Å². The molecule has 2 aromatic heterocycles. The molecule has 0 aromatic carbocycles. The van der Waals surface area contributed by atoms with Crippen LogP contribution in [0.1, 0.15) is 44.7 Å². The van der Waals surface area contributed by atoms with Crippen LogP contribution in [0.15, 0.2) is 18.6 Å². The second kappa shape index (κ2) is 4.67. The van der Waals surface area contributed by atoms with Gasteiger partial charge in [-0.05, 0) is 25.8 Å². The molecule has 1 saturated carbocycles. The first kappa shape index (κ1) is 14.4. The second-order valence-electron chi connectivity index (χ2n) is 6.83. The van der Waals surface area contributed by atoms with Crippen LogP contribution in [0.3, 0.4) is 0 Å². The molecule has 2 unspecified atom stereocenters. The number of nitrogens with two attached hydrogens (primary N) is 2. The Bertz CT molecular complexity index is 765. The van der Waals surface area contributed by atoms with Crippen molar-refractivity contribution in [3.05, 3.63) is 24.3 Å². The number of aromatic amines is 1. The maximum atomic E-state index is 12.1. The van der Waals surface area contributed by atoms with Crippen molar-refractivity contribution in [3.8, 4) is 0 Å². The Balaban J connectivity index is 1.93. The summed E-state index contributed by atoms with van der Waals surface area (Å²) in [7, 11) is 0. The molecule has 0 radical (unpaired) electrons. The van der Waals surface area contributed by atoms with Gasteiger partial charge in [0.25, 0.3) is 0 Å². The molecule has 7 nitrogen and oxygen atoms in total. The summed E-state index contributed by atoms with van der Waals surface area (Å²) in [5.41, 5.74) is 12.9. The van der Waals surface area contributed by atoms with Crippen LogP contribution in [0.4, 0.5) is 4.79 Å². The Kier molecular flexibility index (Phi) is 2.93. The number of fused-ring (bicyclic) bond motifs is 1. The van der Waals surface area contributed by atoms with Gasteiger partial charge in [-0.25, -0.2) is 14.8 Å². The number of amides is 2. The van der Waals surface area contributed by atoms with Crippen LogP contribution < -0.4 is 11.5 Å². The van der Waals surface area contributed by atoms with E-state index in [0.717, 1.165) is 36.7 Å². The van der Waals surface area contributed by atoms with Gasteiger partial charge in [0.1, 0.15) is 17.6 Å². The molecule has 122 valence electrons. The molecule has 1 aliphatic carbocycles. The predicted octanol–water partition coefficient (Wildman–Crippen LogP) is 1.80. The van der Waals surface area contributed by atoms with E-state index in [1.165, 1.54) is 12.7 Å². The molecular weight excluding hydrogens is 292 g/mol. The summed E-state index contributed by atoms with van der Waals surface area (Å²) in [4.78, 5) is 25.5. The van der Waals surface area contributed by atoms with Crippen molar-refractivity contribution in [2.45, 2.75) is 50.7 Å². The minimum absolute atomic E-state index is 0.0225. The number of nitrogens with zero attached hydrogens (tertiary/aromatic N) is 3. The third-order valence-corrected chi connectivity index (χ3v) is 6.02. The molecule has 3 heterocycles. The summed E-state index contributed by atoms with van der Waals surface area (Å²) in [6, 6.07) is 1.45. The number of aromatic nitrogens is 3. The number of hydrogen-bond acceptors (Lipinski definition) is 4. The highest BCUT2D eigenvalue weighted by Gasteiger charge is 2.70. The third-order valence-electron chi connectivity index (χ3n) is 6.02. The van der Waals surface area contributed by atoms with Crippen molar-refractivity contribution in [1.29, 1.82) is 0 Å². The Morgan fingerprint density at radius 1 is 1.35 bits per heavy atom. The molecule has 2 fully saturated rings. The topological polar surface area (TPSA) is 114 Å². The number of carbonyl (C=O) groups excluding carboxylic acids is 1. The van der Waals surface area contributed by atoms with E-state index in [-0.39, 0.29) is 11.5 Å². The van der Waals surface area contributed by atoms with Crippen LogP contribution in [0.2, 0.25) is 0 Å². The molecule has 4 rings (SSSR count). The van der Waals surface area contributed by atoms with Crippen molar-refractivity contribution in [3.63, 3.8) is 0 Å². The number of rotatable bonds is 1. The molecule has 2 atom stereocenters. The highest BCUT2D eigenvalue weighted by molar-refractivity contribution is 5.82. The fourth-order valence-corrected chi connectivity index (χ4v) is 4.92. The highest BCUT2D eigenvalue weighted by Crippen LogP contribution is 2.62. The van der Waals surface area contributed by atoms with E-state index in [0.29, 0.717) is 5.69 Å². The molecule has 0 bridgehead atoms. The van der Waals surface area contributed by atoms with Crippen molar-refractivity contribution in [2.24, 2.45) is 16.9 Å². The average molecular weight is 314 g/mol. The average Bonchev–Trinajstić information content (AvgIpc) is 3.03. The molecule has 1 aliphatic heterocycles. The molecule has 7 heteroatoms. The molecule has 2 aliphatic rings. The van der Waals surface area contributed by atoms with E-state index in [4.69, 9.17) is 11.5 Å². The maximum Gasteiger partial charge on any atom is 0.316 e. The van der Waals surface area contributed by atoms with Gasteiger partial charge < -0.3 is 16.5 Å². The lowest BCUT2D eigenvalue weighted by atomic mass is 9.53. The lowest BCUT2D eigenvalue weighted by Gasteiger charge is -2.69. The number of carbonyl (C=O) groups is 1. The first-order valence-electron chi connectivity index (χ1n) is 8.18. The molecule has 2 amide bonds. The van der Waals surface area contributed by atoms with E-state index < -0.39 is 11.7 Å². The third kappa shape index (κ3) is 1.60. The number of likely N-dealkylation sites (tertiary alicyclic amines) is 1. The van der Waals surface area contributed by atoms with Gasteiger partial charge in [0.15, 0.2) is 0 Å². The lowest BCUT2D eigenvalue weighted by Crippen LogP contribution is -2.83. The Hall–Kier alpha value is -2.15. The van der Waals surface area contributed by atoms with Crippen LogP contribution in [0, 0.1) is 5.41 Å². The fraction of sp³-hybridized carbons (Fsp3) is 0.562. The monoisotopic (exact) mass is 314 g/mol. The quantitative estimate of drug-likeness (QED) is 0.744. The lowest BCUT2D eigenvalue weighted by molar-refractivity contribution is -0.197. The summed E-state index contributed by atoms with van der Waals surface area (Å²) in [6.45, 7) is 2.05. The molecule has 1 spiro atoms. The van der Waals surface area contributed by atoms with Crippen LogP contribution in [0.5, 0.6) is 0 Å². The molecule has 2 aromatic rings. The first-order valence-corrected chi connectivity index (χ1v) is 8.18. The zero-order chi connectivity index (χ0) is 16.2. The van der Waals surface area contributed by atoms with Crippen molar-refractivity contribution < 1.29 is 4.79 Å². The predicted molar refractivity (Wildman–Crippen MR) is 86.2 cm³/mol. The summed E-state index contributed by atoms with van der Waals surface area (Å²) in [5, 5.41) is 0.859. The first-order chi connectivity index (χ1) is 11.0. The number of primary amides is 1. The summed E-state index contributed by atoms with van der Waals surface area (Å²) in [5.74, 6) is 0. The zero-order valence-corrected chi connectivity index (χ0v) is 13.2. The van der Waals surface area contributed by atoms with Gasteiger partial charge in [0.05, 0.1) is 5.69 Å². The SMILES string of the molecule is CC1N(C(N)=O)C(N)(c2ncnc3[nH]ccc23)C12CCCCC2. The maximum absolute atomic E-state index is 12.1. The van der Waals surface area contributed by atoms with Crippen LogP contribution in [0.25, 0.3) is 11.0 Å². The van der Waals surface area contributed by atoms with Crippen LogP contribution in [-0.4, -0.2) is 31.9 Å². The van der Waals surface area contributed by atoms with Gasteiger partial charge in [-0.2, -0.15) is 0 Å². The van der Waals surface area contributed by atoms with Crippen molar-refractivity contribution in [2.75, 3.05) is 0 Å². The fourth-order valence-electron chi connectivity index (χ4n) is 4.92. The van der Waals surface area contributed by atoms with Gasteiger partial charge in [-0.15, -0.1) is 0 Å². The van der Waals surface area contributed by atoms with Gasteiger partial charge in [-0.1, -0.05) is 19.3 Å². The van der Waals surface area contributed by atoms with Crippen LogP contribution >= 0.6 is 0 Å². The second-order valence-corrected chi connectivity index (χ2v) is 6.83. The Morgan fingerprint density at radius 3 is 2.78 bits per heavy atom. The van der Waals surface area contributed by atoms with Crippen LogP contribution in [-0.2, 0) is 5.66 Å². The van der Waals surface area contributed by atoms with Crippen molar-refractivity contribution in [1.82, 2.24) is 19.9 Å². The number of H-pyrrole nitrogens is 1. The van der Waals surface area contributed by atoms with Crippen molar-refractivity contribution >= 4 is 17.1 Å². The number of nitrogens with one attached hydrogen (secondary N) is 1. The number of hydrogen-bond donors (Lipinski definition) is 3. The molecule has 5 N–H and O–H groups in total. The molecule has 1 saturated heterocycles. The van der Waals surface area contributed by atoms with Gasteiger partial charge in [0.2, 0.25) is 0 Å². The smallest absolute Gasteiger partial charge is 0.316 e. The van der Waals surface area contributed by atoms with Gasteiger partial charge in [0, 0.05) is 23.0 Å². The Morgan fingerprint density at radius 2 is 2.09 bits per heavy atom. The number of urea groups is 1.